The molecule has 2 saturated carbocycles. The molecule has 0 unspecified atom stereocenters. The van der Waals surface area contributed by atoms with Gasteiger partial charge in [0.15, 0.2) is 0 Å². The molecule has 1 aromatic carbocycles. The first-order chi connectivity index (χ1) is 12.1. The quantitative estimate of drug-likeness (QED) is 0.876. The zero-order valence-corrected chi connectivity index (χ0v) is 14.9. The number of imidazole rings is 1. The molecule has 1 heterocycles. The second-order valence-corrected chi connectivity index (χ2v) is 7.41. The Balaban J connectivity index is 1.59. The third kappa shape index (κ3) is 3.41. The van der Waals surface area contributed by atoms with Crippen LogP contribution in [0, 0.1) is 5.92 Å². The fourth-order valence-electron chi connectivity index (χ4n) is 3.64. The highest BCUT2D eigenvalue weighted by atomic mass is 16.2. The molecule has 1 aromatic heterocycles. The van der Waals surface area contributed by atoms with Gasteiger partial charge >= 0.3 is 6.03 Å². The minimum Gasteiger partial charge on any atom is -0.336 e. The van der Waals surface area contributed by atoms with Gasteiger partial charge in [-0.25, -0.2) is 9.78 Å². The number of nitrogens with zero attached hydrogens (tertiary/aromatic N) is 3. The summed E-state index contributed by atoms with van der Waals surface area (Å²) in [6.45, 7) is 2.20. The van der Waals surface area contributed by atoms with Crippen LogP contribution in [0.2, 0.25) is 0 Å². The van der Waals surface area contributed by atoms with Crippen LogP contribution in [0.4, 0.5) is 4.79 Å². The summed E-state index contributed by atoms with van der Waals surface area (Å²) in [7, 11) is 1.97. The van der Waals surface area contributed by atoms with Crippen molar-refractivity contribution in [1.29, 1.82) is 0 Å². The summed E-state index contributed by atoms with van der Waals surface area (Å²) < 4.78 is 1.98. The maximum Gasteiger partial charge on any atom is 0.318 e. The van der Waals surface area contributed by atoms with Crippen molar-refractivity contribution in [2.75, 3.05) is 0 Å². The van der Waals surface area contributed by atoms with Crippen molar-refractivity contribution in [3.8, 4) is 0 Å². The van der Waals surface area contributed by atoms with E-state index < -0.39 is 0 Å². The standard InChI is InChI=1S/C20H26N4O/c1-14(15-8-9-15)24(17-10-11-17)20(25)22-18(16-6-4-3-5-7-16)19-21-12-13-23(19)2/h3-7,12-15,17-18H,8-11H2,1-2H3,(H,22,25)/t14-,18-/m0/s1. The molecule has 2 aliphatic rings. The van der Waals surface area contributed by atoms with Crippen molar-refractivity contribution in [2.24, 2.45) is 13.0 Å². The van der Waals surface area contributed by atoms with E-state index in [-0.39, 0.29) is 12.1 Å². The number of rotatable bonds is 6. The number of hydrogen-bond donors (Lipinski definition) is 1. The molecule has 5 heteroatoms. The molecule has 5 nitrogen and oxygen atoms in total. The Kier molecular flexibility index (Phi) is 4.24. The van der Waals surface area contributed by atoms with Crippen LogP contribution < -0.4 is 5.32 Å². The largest absolute Gasteiger partial charge is 0.336 e. The normalized spacial score (nSPS) is 19.3. The second kappa shape index (κ2) is 6.54. The van der Waals surface area contributed by atoms with Crippen LogP contribution in [0.15, 0.2) is 42.7 Å². The molecular weight excluding hydrogens is 312 g/mol. The summed E-state index contributed by atoms with van der Waals surface area (Å²) in [5.41, 5.74) is 1.06. The Bertz CT molecular complexity index is 733. The van der Waals surface area contributed by atoms with Crippen molar-refractivity contribution in [2.45, 2.75) is 50.7 Å². The summed E-state index contributed by atoms with van der Waals surface area (Å²) in [6, 6.07) is 10.6. The van der Waals surface area contributed by atoms with Crippen LogP contribution in [-0.4, -0.2) is 32.6 Å². The number of aromatic nitrogens is 2. The van der Waals surface area contributed by atoms with Gasteiger partial charge in [0.1, 0.15) is 11.9 Å². The van der Waals surface area contributed by atoms with Crippen LogP contribution in [0.1, 0.15) is 50.0 Å². The molecule has 1 N–H and O–H groups in total. The zero-order valence-electron chi connectivity index (χ0n) is 14.9. The number of hydrogen-bond acceptors (Lipinski definition) is 2. The number of carbonyl (C=O) groups excluding carboxylic acids is 1. The highest BCUT2D eigenvalue weighted by Gasteiger charge is 2.42. The second-order valence-electron chi connectivity index (χ2n) is 7.41. The van der Waals surface area contributed by atoms with E-state index in [1.807, 2.05) is 48.1 Å². The smallest absolute Gasteiger partial charge is 0.318 e. The monoisotopic (exact) mass is 338 g/mol. The molecular formula is C20H26N4O. The maximum atomic E-state index is 13.2. The van der Waals surface area contributed by atoms with Crippen molar-refractivity contribution < 1.29 is 4.79 Å². The van der Waals surface area contributed by atoms with Gasteiger partial charge in [-0.05, 0) is 44.1 Å². The van der Waals surface area contributed by atoms with E-state index in [2.05, 4.69) is 22.1 Å². The van der Waals surface area contributed by atoms with Gasteiger partial charge in [0, 0.05) is 31.5 Å². The molecule has 2 atom stereocenters. The number of urea groups is 1. The van der Waals surface area contributed by atoms with Gasteiger partial charge in [0.05, 0.1) is 0 Å². The van der Waals surface area contributed by atoms with E-state index in [9.17, 15) is 4.79 Å². The molecule has 0 saturated heterocycles. The van der Waals surface area contributed by atoms with Crippen molar-refractivity contribution in [3.63, 3.8) is 0 Å². The molecule has 132 valence electrons. The molecule has 0 aliphatic heterocycles. The average Bonchev–Trinajstić information content (AvgIpc) is 3.52. The third-order valence-electron chi connectivity index (χ3n) is 5.44. The summed E-state index contributed by atoms with van der Waals surface area (Å²) in [5.74, 6) is 1.53. The molecule has 0 spiro atoms. The lowest BCUT2D eigenvalue weighted by Gasteiger charge is -2.31. The van der Waals surface area contributed by atoms with E-state index in [1.54, 1.807) is 6.20 Å². The van der Waals surface area contributed by atoms with Gasteiger partial charge in [-0.2, -0.15) is 0 Å². The Morgan fingerprint density at radius 3 is 2.52 bits per heavy atom. The van der Waals surface area contributed by atoms with Crippen molar-refractivity contribution >= 4 is 6.03 Å². The van der Waals surface area contributed by atoms with Crippen LogP contribution in [0.25, 0.3) is 0 Å². The number of amides is 2. The number of nitrogens with one attached hydrogen (secondary N) is 1. The zero-order chi connectivity index (χ0) is 17.4. The van der Waals surface area contributed by atoms with Gasteiger partial charge < -0.3 is 14.8 Å². The number of aryl methyl sites for hydroxylation is 1. The number of carbonyl (C=O) groups is 1. The first-order valence-electron chi connectivity index (χ1n) is 9.26. The van der Waals surface area contributed by atoms with E-state index in [0.29, 0.717) is 18.0 Å². The number of benzene rings is 1. The molecule has 2 amide bonds. The maximum absolute atomic E-state index is 13.2. The van der Waals surface area contributed by atoms with Crippen molar-refractivity contribution in [3.05, 3.63) is 54.1 Å². The van der Waals surface area contributed by atoms with E-state index >= 15 is 0 Å². The highest BCUT2D eigenvalue weighted by molar-refractivity contribution is 5.76. The van der Waals surface area contributed by atoms with Gasteiger partial charge in [0.2, 0.25) is 0 Å². The lowest BCUT2D eigenvalue weighted by molar-refractivity contribution is 0.164. The lowest BCUT2D eigenvalue weighted by atomic mass is 10.1. The lowest BCUT2D eigenvalue weighted by Crippen LogP contribution is -2.48. The topological polar surface area (TPSA) is 50.2 Å². The molecule has 25 heavy (non-hydrogen) atoms. The molecule has 2 aliphatic carbocycles. The Morgan fingerprint density at radius 1 is 1.24 bits per heavy atom. The summed E-state index contributed by atoms with van der Waals surface area (Å²) >= 11 is 0. The fourth-order valence-corrected chi connectivity index (χ4v) is 3.64. The first-order valence-corrected chi connectivity index (χ1v) is 9.26. The van der Waals surface area contributed by atoms with E-state index in [4.69, 9.17) is 0 Å². The molecule has 0 bridgehead atoms. The first kappa shape index (κ1) is 16.2. The average molecular weight is 338 g/mol. The SMILES string of the molecule is C[C@@H](C1CC1)N(C(=O)N[C@@H](c1ccccc1)c1nccn1C)C1CC1. The predicted octanol–water partition coefficient (Wildman–Crippen LogP) is 3.48. The molecule has 0 radical (unpaired) electrons. The van der Waals surface area contributed by atoms with Crippen LogP contribution in [-0.2, 0) is 7.05 Å². The van der Waals surface area contributed by atoms with Crippen LogP contribution in [0.3, 0.4) is 0 Å². The van der Waals surface area contributed by atoms with Gasteiger partial charge in [0.25, 0.3) is 0 Å². The van der Waals surface area contributed by atoms with Crippen LogP contribution >= 0.6 is 0 Å². The molecule has 2 aromatic rings. The van der Waals surface area contributed by atoms with Gasteiger partial charge in [-0.15, -0.1) is 0 Å². The Morgan fingerprint density at radius 2 is 1.96 bits per heavy atom. The summed E-state index contributed by atoms with van der Waals surface area (Å²) in [5, 5.41) is 3.27. The van der Waals surface area contributed by atoms with E-state index in [0.717, 1.165) is 24.2 Å². The minimum atomic E-state index is -0.235. The Hall–Kier alpha value is -2.30. The summed E-state index contributed by atoms with van der Waals surface area (Å²) in [6.07, 6.45) is 8.45. The molecule has 4 rings (SSSR count). The van der Waals surface area contributed by atoms with Gasteiger partial charge in [-0.1, -0.05) is 30.3 Å². The highest BCUT2D eigenvalue weighted by Crippen LogP contribution is 2.40. The van der Waals surface area contributed by atoms with E-state index in [1.165, 1.54) is 12.8 Å². The summed E-state index contributed by atoms with van der Waals surface area (Å²) in [4.78, 5) is 19.7. The third-order valence-corrected chi connectivity index (χ3v) is 5.44. The molecule has 2 fully saturated rings. The van der Waals surface area contributed by atoms with Gasteiger partial charge in [-0.3, -0.25) is 0 Å². The fraction of sp³-hybridized carbons (Fsp3) is 0.500. The Labute approximate surface area is 149 Å². The van der Waals surface area contributed by atoms with Crippen LogP contribution in [0.5, 0.6) is 0 Å². The predicted molar refractivity (Wildman–Crippen MR) is 97.1 cm³/mol. The minimum absolute atomic E-state index is 0.0405. The van der Waals surface area contributed by atoms with Crippen molar-refractivity contribution in [1.82, 2.24) is 19.8 Å².